The summed E-state index contributed by atoms with van der Waals surface area (Å²) in [7, 11) is 0. The molecule has 1 aromatic rings. The predicted molar refractivity (Wildman–Crippen MR) is 126 cm³/mol. The van der Waals surface area contributed by atoms with Crippen LogP contribution in [-0.2, 0) is 10.2 Å². The van der Waals surface area contributed by atoms with Crippen molar-refractivity contribution in [1.82, 2.24) is 10.2 Å². The molecule has 5 N–H and O–H groups in total. The van der Waals surface area contributed by atoms with Crippen LogP contribution in [0.25, 0.3) is 0 Å². The molecule has 2 heterocycles. The van der Waals surface area contributed by atoms with E-state index in [9.17, 15) is 4.79 Å². The molecule has 2 fully saturated rings. The van der Waals surface area contributed by atoms with E-state index < -0.39 is 5.41 Å². The van der Waals surface area contributed by atoms with Gasteiger partial charge in [0.1, 0.15) is 0 Å². The monoisotopic (exact) mass is 425 g/mol. The first-order chi connectivity index (χ1) is 14.9. The van der Waals surface area contributed by atoms with E-state index in [4.69, 9.17) is 11.5 Å². The number of amides is 1. The van der Waals surface area contributed by atoms with Gasteiger partial charge >= 0.3 is 0 Å². The minimum atomic E-state index is -0.411. The van der Waals surface area contributed by atoms with Gasteiger partial charge in [-0.05, 0) is 80.5 Å². The van der Waals surface area contributed by atoms with Gasteiger partial charge in [-0.15, -0.1) is 0 Å². The topological polar surface area (TPSA) is 96.7 Å². The van der Waals surface area contributed by atoms with Gasteiger partial charge in [-0.1, -0.05) is 38.1 Å². The van der Waals surface area contributed by atoms with Crippen LogP contribution in [-0.4, -0.2) is 42.9 Å². The molecule has 1 saturated heterocycles. The number of guanidine groups is 1. The molecule has 6 heteroatoms. The summed E-state index contributed by atoms with van der Waals surface area (Å²) < 4.78 is 0. The molecule has 1 atom stereocenters. The predicted octanol–water partition coefficient (Wildman–Crippen LogP) is 2.93. The lowest BCUT2D eigenvalue weighted by molar-refractivity contribution is -0.145. The van der Waals surface area contributed by atoms with Gasteiger partial charge < -0.3 is 21.7 Å². The molecule has 1 amide bonds. The van der Waals surface area contributed by atoms with Crippen LogP contribution in [0.4, 0.5) is 0 Å². The zero-order valence-corrected chi connectivity index (χ0v) is 19.1. The normalized spacial score (nSPS) is 27.9. The van der Waals surface area contributed by atoms with Crippen molar-refractivity contribution in [3.8, 4) is 0 Å². The van der Waals surface area contributed by atoms with Gasteiger partial charge in [-0.2, -0.15) is 0 Å². The number of aliphatic imine (C=N–C) groups is 1. The Morgan fingerprint density at radius 3 is 2.48 bits per heavy atom. The molecule has 1 saturated carbocycles. The van der Waals surface area contributed by atoms with E-state index in [1.54, 1.807) is 0 Å². The zero-order chi connectivity index (χ0) is 22.0. The number of hydrogen-bond donors (Lipinski definition) is 3. The second-order valence-electron chi connectivity index (χ2n) is 10.1. The first kappa shape index (κ1) is 22.1. The van der Waals surface area contributed by atoms with Crippen molar-refractivity contribution < 1.29 is 4.79 Å². The number of rotatable bonds is 5. The van der Waals surface area contributed by atoms with Crippen molar-refractivity contribution in [3.63, 3.8) is 0 Å². The van der Waals surface area contributed by atoms with Gasteiger partial charge in [-0.25, -0.2) is 0 Å². The molecule has 1 aliphatic carbocycles. The van der Waals surface area contributed by atoms with E-state index in [1.807, 2.05) is 0 Å². The lowest BCUT2D eigenvalue weighted by Gasteiger charge is -2.52. The fourth-order valence-electron chi connectivity index (χ4n) is 6.38. The summed E-state index contributed by atoms with van der Waals surface area (Å²) in [5.74, 6) is 2.41. The van der Waals surface area contributed by atoms with Gasteiger partial charge in [0.05, 0.1) is 18.0 Å². The van der Waals surface area contributed by atoms with Crippen molar-refractivity contribution in [2.45, 2.75) is 63.8 Å². The lowest BCUT2D eigenvalue weighted by atomic mass is 9.64. The third-order valence-corrected chi connectivity index (χ3v) is 8.10. The standard InChI is InChI=1S/C25H39N5O/c1-17(2)18-7-9-19(10-8-18)22-20-5-3-4-6-21(20)25(11-13-28-14-12-25)23(31)30(22)16-15-29-24(26)27/h3-6,17-19,22,28H,7-16H2,1-2H3,(H4,26,27,29). The van der Waals surface area contributed by atoms with Crippen LogP contribution in [0.5, 0.6) is 0 Å². The largest absolute Gasteiger partial charge is 0.370 e. The van der Waals surface area contributed by atoms with Gasteiger partial charge in [0, 0.05) is 6.54 Å². The smallest absolute Gasteiger partial charge is 0.233 e. The van der Waals surface area contributed by atoms with Gasteiger partial charge in [0.15, 0.2) is 5.96 Å². The van der Waals surface area contributed by atoms with Crippen molar-refractivity contribution in [3.05, 3.63) is 35.4 Å². The number of nitrogens with one attached hydrogen (secondary N) is 1. The number of piperidine rings is 1. The van der Waals surface area contributed by atoms with Gasteiger partial charge in [-0.3, -0.25) is 9.79 Å². The van der Waals surface area contributed by atoms with Crippen LogP contribution in [0.15, 0.2) is 29.3 Å². The number of hydrogen-bond acceptors (Lipinski definition) is 3. The van der Waals surface area contributed by atoms with Crippen LogP contribution in [0.2, 0.25) is 0 Å². The van der Waals surface area contributed by atoms with E-state index >= 15 is 0 Å². The van der Waals surface area contributed by atoms with Crippen molar-refractivity contribution in [1.29, 1.82) is 0 Å². The summed E-state index contributed by atoms with van der Waals surface area (Å²) in [6.07, 6.45) is 6.59. The van der Waals surface area contributed by atoms with E-state index in [2.05, 4.69) is 53.3 Å². The third-order valence-electron chi connectivity index (χ3n) is 8.10. The quantitative estimate of drug-likeness (QED) is 0.499. The molecule has 1 unspecified atom stereocenters. The molecule has 0 radical (unpaired) electrons. The molecule has 1 aromatic carbocycles. The highest BCUT2D eigenvalue weighted by molar-refractivity contribution is 5.91. The Kier molecular flexibility index (Phi) is 6.56. The lowest BCUT2D eigenvalue weighted by Crippen LogP contribution is -2.58. The Balaban J connectivity index is 1.71. The average molecular weight is 426 g/mol. The average Bonchev–Trinajstić information content (AvgIpc) is 2.78. The highest BCUT2D eigenvalue weighted by Gasteiger charge is 2.52. The fraction of sp³-hybridized carbons (Fsp3) is 0.680. The van der Waals surface area contributed by atoms with Crippen LogP contribution in [0.1, 0.15) is 69.5 Å². The van der Waals surface area contributed by atoms with Crippen LogP contribution < -0.4 is 16.8 Å². The Bertz CT molecular complexity index is 802. The number of nitrogens with two attached hydrogens (primary N) is 2. The Morgan fingerprint density at radius 1 is 1.16 bits per heavy atom. The second-order valence-corrected chi connectivity index (χ2v) is 10.1. The number of nitrogens with zero attached hydrogens (tertiary/aromatic N) is 2. The molecule has 0 bridgehead atoms. The molecule has 3 aliphatic rings. The SMILES string of the molecule is CC(C)C1CCC(C2c3ccccc3C3(CCNCC3)C(=O)N2CCN=C(N)N)CC1. The van der Waals surface area contributed by atoms with Crippen molar-refractivity contribution >= 4 is 11.9 Å². The van der Waals surface area contributed by atoms with Gasteiger partial charge in [0.2, 0.25) is 5.91 Å². The number of carbonyl (C=O) groups is 1. The van der Waals surface area contributed by atoms with Crippen LogP contribution in [0.3, 0.4) is 0 Å². The van der Waals surface area contributed by atoms with Crippen molar-refractivity contribution in [2.75, 3.05) is 26.2 Å². The number of carbonyl (C=O) groups excluding carboxylic acids is 1. The molecule has 0 aromatic heterocycles. The Labute approximate surface area is 186 Å². The molecule has 170 valence electrons. The summed E-state index contributed by atoms with van der Waals surface area (Å²) in [5, 5.41) is 3.44. The van der Waals surface area contributed by atoms with E-state index in [1.165, 1.54) is 36.8 Å². The third kappa shape index (κ3) is 4.19. The first-order valence-corrected chi connectivity index (χ1v) is 12.1. The molecular formula is C25H39N5O. The highest BCUT2D eigenvalue weighted by Crippen LogP contribution is 2.51. The Morgan fingerprint density at radius 2 is 1.84 bits per heavy atom. The maximum Gasteiger partial charge on any atom is 0.233 e. The summed E-state index contributed by atoms with van der Waals surface area (Å²) in [6, 6.07) is 8.88. The maximum absolute atomic E-state index is 14.2. The second kappa shape index (κ2) is 9.19. The maximum atomic E-state index is 14.2. The summed E-state index contributed by atoms with van der Waals surface area (Å²) >= 11 is 0. The van der Waals surface area contributed by atoms with Crippen LogP contribution >= 0.6 is 0 Å². The molecular weight excluding hydrogens is 386 g/mol. The number of fused-ring (bicyclic) bond motifs is 2. The minimum Gasteiger partial charge on any atom is -0.370 e. The molecule has 6 nitrogen and oxygen atoms in total. The highest BCUT2D eigenvalue weighted by atomic mass is 16.2. The van der Waals surface area contributed by atoms with E-state index in [0.717, 1.165) is 37.8 Å². The molecule has 31 heavy (non-hydrogen) atoms. The van der Waals surface area contributed by atoms with Crippen molar-refractivity contribution in [2.24, 2.45) is 34.2 Å². The van der Waals surface area contributed by atoms with Gasteiger partial charge in [0.25, 0.3) is 0 Å². The minimum absolute atomic E-state index is 0.0930. The van der Waals surface area contributed by atoms with E-state index in [-0.39, 0.29) is 17.9 Å². The fourth-order valence-corrected chi connectivity index (χ4v) is 6.38. The summed E-state index contributed by atoms with van der Waals surface area (Å²) in [5.41, 5.74) is 13.4. The molecule has 1 spiro atoms. The summed E-state index contributed by atoms with van der Waals surface area (Å²) in [4.78, 5) is 20.5. The van der Waals surface area contributed by atoms with E-state index in [0.29, 0.717) is 19.0 Å². The first-order valence-electron chi connectivity index (χ1n) is 12.1. The Hall–Kier alpha value is -2.08. The summed E-state index contributed by atoms with van der Waals surface area (Å²) in [6.45, 7) is 7.48. The zero-order valence-electron chi connectivity index (χ0n) is 19.1. The molecule has 2 aliphatic heterocycles. The number of benzene rings is 1. The van der Waals surface area contributed by atoms with Crippen LogP contribution in [0, 0.1) is 17.8 Å². The molecule has 4 rings (SSSR count).